The van der Waals surface area contributed by atoms with Gasteiger partial charge in [0.2, 0.25) is 5.91 Å². The second kappa shape index (κ2) is 10.1. The van der Waals surface area contributed by atoms with Gasteiger partial charge in [0.25, 0.3) is 0 Å². The Kier molecular flexibility index (Phi) is 8.48. The normalized spacial score (nSPS) is 12.1. The Morgan fingerprint density at radius 1 is 1.22 bits per heavy atom. The van der Waals surface area contributed by atoms with Gasteiger partial charge in [0.1, 0.15) is 0 Å². The van der Waals surface area contributed by atoms with Gasteiger partial charge in [-0.15, -0.1) is 0 Å². The maximum Gasteiger partial charge on any atom is 0.222 e. The van der Waals surface area contributed by atoms with Gasteiger partial charge < -0.3 is 19.5 Å². The van der Waals surface area contributed by atoms with Crippen molar-refractivity contribution >= 4 is 5.91 Å². The van der Waals surface area contributed by atoms with Gasteiger partial charge in [-0.3, -0.25) is 4.79 Å². The second-order valence-electron chi connectivity index (χ2n) is 5.85. The van der Waals surface area contributed by atoms with E-state index in [0.29, 0.717) is 37.9 Å². The van der Waals surface area contributed by atoms with Gasteiger partial charge in [-0.25, -0.2) is 0 Å². The summed E-state index contributed by atoms with van der Waals surface area (Å²) in [5.41, 5.74) is 0.975. The van der Waals surface area contributed by atoms with Crippen LogP contribution in [0.4, 0.5) is 0 Å². The maximum absolute atomic E-state index is 11.9. The smallest absolute Gasteiger partial charge is 0.222 e. The van der Waals surface area contributed by atoms with Crippen molar-refractivity contribution in [3.63, 3.8) is 0 Å². The third kappa shape index (κ3) is 6.91. The van der Waals surface area contributed by atoms with Gasteiger partial charge in [0.05, 0.1) is 26.4 Å². The third-order valence-electron chi connectivity index (χ3n) is 3.31. The first-order valence-electron chi connectivity index (χ1n) is 8.15. The molecule has 1 N–H and O–H groups in total. The molecule has 0 fully saturated rings. The zero-order chi connectivity index (χ0) is 17.2. The Morgan fingerprint density at radius 3 is 2.57 bits per heavy atom. The number of nitrogens with one attached hydrogen (secondary N) is 1. The van der Waals surface area contributed by atoms with Crippen LogP contribution in [0, 0.1) is 5.92 Å². The van der Waals surface area contributed by atoms with Crippen LogP contribution in [-0.4, -0.2) is 32.8 Å². The lowest BCUT2D eigenvalue weighted by Crippen LogP contribution is -2.27. The number of ether oxygens (including phenoxy) is 3. The first kappa shape index (κ1) is 19.3. The molecule has 130 valence electrons. The van der Waals surface area contributed by atoms with Gasteiger partial charge in [-0.1, -0.05) is 19.9 Å². The first-order valence-corrected chi connectivity index (χ1v) is 8.15. The summed E-state index contributed by atoms with van der Waals surface area (Å²) in [7, 11) is 1.62. The number of methoxy groups -OCH3 is 1. The minimum Gasteiger partial charge on any atom is -0.493 e. The molecule has 1 amide bonds. The number of benzene rings is 1. The highest BCUT2D eigenvalue weighted by atomic mass is 16.5. The largest absolute Gasteiger partial charge is 0.493 e. The summed E-state index contributed by atoms with van der Waals surface area (Å²) < 4.78 is 16.3. The predicted octanol–water partition coefficient (Wildman–Crippen LogP) is 3.33. The van der Waals surface area contributed by atoms with E-state index in [0.717, 1.165) is 11.3 Å². The molecule has 0 aliphatic carbocycles. The molecule has 0 saturated carbocycles. The van der Waals surface area contributed by atoms with Crippen LogP contribution in [0.25, 0.3) is 0 Å². The van der Waals surface area contributed by atoms with Gasteiger partial charge in [0, 0.05) is 13.0 Å². The Labute approximate surface area is 139 Å². The molecular formula is C18H29NO4. The molecule has 1 rings (SSSR count). The number of rotatable bonds is 10. The zero-order valence-electron chi connectivity index (χ0n) is 14.8. The van der Waals surface area contributed by atoms with E-state index in [-0.39, 0.29) is 11.9 Å². The van der Waals surface area contributed by atoms with Crippen LogP contribution in [0.2, 0.25) is 0 Å². The van der Waals surface area contributed by atoms with E-state index in [1.807, 2.05) is 32.0 Å². The Balaban J connectivity index is 2.66. The predicted molar refractivity (Wildman–Crippen MR) is 91.0 cm³/mol. The molecule has 1 unspecified atom stereocenters. The summed E-state index contributed by atoms with van der Waals surface area (Å²) in [5.74, 6) is 1.83. The van der Waals surface area contributed by atoms with E-state index in [2.05, 4.69) is 19.2 Å². The van der Waals surface area contributed by atoms with Crippen molar-refractivity contribution in [1.82, 2.24) is 5.32 Å². The van der Waals surface area contributed by atoms with Crippen molar-refractivity contribution in [2.45, 2.75) is 40.2 Å². The van der Waals surface area contributed by atoms with Crippen LogP contribution in [0.15, 0.2) is 18.2 Å². The molecule has 0 heterocycles. The van der Waals surface area contributed by atoms with Crippen LogP contribution in [-0.2, 0) is 9.53 Å². The van der Waals surface area contributed by atoms with E-state index in [4.69, 9.17) is 14.2 Å². The number of hydrogen-bond acceptors (Lipinski definition) is 4. The standard InChI is InChI=1S/C18H29NO4/c1-6-22-10-9-18(20)19-14(4)15-7-8-16(17(11-15)21-5)23-12-13(2)3/h7-8,11,13-14H,6,9-10,12H2,1-5H3,(H,19,20). The molecule has 0 spiro atoms. The second-order valence-corrected chi connectivity index (χ2v) is 5.85. The van der Waals surface area contributed by atoms with Crippen molar-refractivity contribution in [2.24, 2.45) is 5.92 Å². The molecular weight excluding hydrogens is 294 g/mol. The maximum atomic E-state index is 11.9. The van der Waals surface area contributed by atoms with Crippen molar-refractivity contribution < 1.29 is 19.0 Å². The molecule has 0 aliphatic rings. The van der Waals surface area contributed by atoms with Crippen LogP contribution in [0.1, 0.15) is 45.7 Å². The monoisotopic (exact) mass is 323 g/mol. The molecule has 0 aliphatic heterocycles. The van der Waals surface area contributed by atoms with Crippen molar-refractivity contribution in [1.29, 1.82) is 0 Å². The fourth-order valence-corrected chi connectivity index (χ4v) is 2.04. The van der Waals surface area contributed by atoms with Gasteiger partial charge >= 0.3 is 0 Å². The summed E-state index contributed by atoms with van der Waals surface area (Å²) in [4.78, 5) is 11.9. The zero-order valence-corrected chi connectivity index (χ0v) is 14.8. The van der Waals surface area contributed by atoms with Gasteiger partial charge in [-0.05, 0) is 37.5 Å². The summed E-state index contributed by atoms with van der Waals surface area (Å²) in [6.07, 6.45) is 0.366. The topological polar surface area (TPSA) is 56.8 Å². The van der Waals surface area contributed by atoms with E-state index in [1.165, 1.54) is 0 Å². The van der Waals surface area contributed by atoms with Gasteiger partial charge in [-0.2, -0.15) is 0 Å². The highest BCUT2D eigenvalue weighted by Gasteiger charge is 2.13. The van der Waals surface area contributed by atoms with E-state index < -0.39 is 0 Å². The lowest BCUT2D eigenvalue weighted by Gasteiger charge is -2.18. The Bertz CT molecular complexity index is 488. The molecule has 1 aromatic carbocycles. The van der Waals surface area contributed by atoms with Crippen LogP contribution < -0.4 is 14.8 Å². The lowest BCUT2D eigenvalue weighted by atomic mass is 10.1. The summed E-state index contributed by atoms with van der Waals surface area (Å²) >= 11 is 0. The molecule has 0 radical (unpaired) electrons. The highest BCUT2D eigenvalue weighted by molar-refractivity contribution is 5.76. The summed E-state index contributed by atoms with van der Waals surface area (Å²) in [5, 5.41) is 2.96. The quantitative estimate of drug-likeness (QED) is 0.671. The molecule has 5 heteroatoms. The molecule has 1 atom stereocenters. The fourth-order valence-electron chi connectivity index (χ4n) is 2.04. The fraction of sp³-hybridized carbons (Fsp3) is 0.611. The average molecular weight is 323 g/mol. The Morgan fingerprint density at radius 2 is 1.96 bits per heavy atom. The van der Waals surface area contributed by atoms with Crippen LogP contribution >= 0.6 is 0 Å². The summed E-state index contributed by atoms with van der Waals surface area (Å²) in [6.45, 7) is 9.76. The minimum atomic E-state index is -0.0998. The minimum absolute atomic E-state index is 0.0231. The molecule has 0 aromatic heterocycles. The SMILES string of the molecule is CCOCCC(=O)NC(C)c1ccc(OCC(C)C)c(OC)c1. The van der Waals surface area contributed by atoms with E-state index >= 15 is 0 Å². The third-order valence-corrected chi connectivity index (χ3v) is 3.31. The molecule has 23 heavy (non-hydrogen) atoms. The summed E-state index contributed by atoms with van der Waals surface area (Å²) in [6, 6.07) is 5.64. The van der Waals surface area contributed by atoms with Crippen LogP contribution in [0.3, 0.4) is 0 Å². The number of carbonyl (C=O) groups is 1. The van der Waals surface area contributed by atoms with Gasteiger partial charge in [0.15, 0.2) is 11.5 Å². The first-order chi connectivity index (χ1) is 11.0. The van der Waals surface area contributed by atoms with Crippen molar-refractivity contribution in [3.05, 3.63) is 23.8 Å². The lowest BCUT2D eigenvalue weighted by molar-refractivity contribution is -0.122. The Hall–Kier alpha value is -1.75. The number of hydrogen-bond donors (Lipinski definition) is 1. The molecule has 0 saturated heterocycles. The van der Waals surface area contributed by atoms with E-state index in [1.54, 1.807) is 7.11 Å². The van der Waals surface area contributed by atoms with Crippen molar-refractivity contribution in [3.8, 4) is 11.5 Å². The number of amides is 1. The molecule has 0 bridgehead atoms. The molecule has 1 aromatic rings. The molecule has 5 nitrogen and oxygen atoms in total. The van der Waals surface area contributed by atoms with Crippen molar-refractivity contribution in [2.75, 3.05) is 26.9 Å². The average Bonchev–Trinajstić information content (AvgIpc) is 2.52. The van der Waals surface area contributed by atoms with Crippen LogP contribution in [0.5, 0.6) is 11.5 Å². The van der Waals surface area contributed by atoms with E-state index in [9.17, 15) is 4.79 Å². The number of carbonyl (C=O) groups excluding carboxylic acids is 1. The highest BCUT2D eigenvalue weighted by Crippen LogP contribution is 2.30.